The Labute approximate surface area is 190 Å². The van der Waals surface area contributed by atoms with Crippen LogP contribution in [-0.4, -0.2) is 61.9 Å². The standard InChI is InChI=1S/C15H16N4O4S3.Na/c1-24-4-2-7(8-6-26-15(16)17-8)11(20)18-10-12(21)19-9(14(22)23)3-5-25-13(10)19;/h2-3,6,10,13H,4-5H2,1H3,(H2,16,17)(H,18,20)(H,22,23);/q;+1/p-1/b7-2-;/t10-,13-;/m1./s1. The number of rotatable bonds is 6. The van der Waals surface area contributed by atoms with Crippen molar-refractivity contribution in [1.29, 1.82) is 0 Å². The van der Waals surface area contributed by atoms with Gasteiger partial charge >= 0.3 is 35.5 Å². The fourth-order valence-corrected chi connectivity index (χ4v) is 4.65. The van der Waals surface area contributed by atoms with Crippen molar-refractivity contribution in [3.8, 4) is 0 Å². The summed E-state index contributed by atoms with van der Waals surface area (Å²) >= 11 is 4.13. The second-order valence-electron chi connectivity index (χ2n) is 5.35. The number of amides is 1. The summed E-state index contributed by atoms with van der Waals surface area (Å²) in [5.41, 5.74) is 6.32. The van der Waals surface area contributed by atoms with Crippen molar-refractivity contribution in [2.75, 3.05) is 23.5 Å². The van der Waals surface area contributed by atoms with E-state index in [1.807, 2.05) is 6.26 Å². The minimum absolute atomic E-state index is 0. The van der Waals surface area contributed by atoms with Gasteiger partial charge in [-0.15, -0.1) is 23.1 Å². The number of aliphatic carboxylic acids is 1. The van der Waals surface area contributed by atoms with Gasteiger partial charge in [0.1, 0.15) is 11.1 Å². The topological polar surface area (TPSA) is 132 Å². The second kappa shape index (κ2) is 9.48. The molecule has 138 valence electrons. The number of nitrogens with two attached hydrogens (primary N) is 1. The smallest absolute Gasteiger partial charge is 0.858 e. The molecular weight excluding hydrogens is 419 g/mol. The van der Waals surface area contributed by atoms with Gasteiger partial charge in [-0.3, -0.25) is 14.7 Å². The van der Waals surface area contributed by atoms with E-state index >= 15 is 0 Å². The summed E-state index contributed by atoms with van der Waals surface area (Å²) in [7, 11) is 0. The largest absolute Gasteiger partial charge is 1.00 e. The molecule has 0 saturated carbocycles. The number of β-lactam (4-membered cyclic amide) rings is 1. The minimum atomic E-state index is -1.16. The molecule has 1 aromatic heterocycles. The average molecular weight is 435 g/mol. The van der Waals surface area contributed by atoms with Gasteiger partial charge in [0, 0.05) is 22.5 Å². The number of anilines is 1. The molecule has 3 rings (SSSR count). The Kier molecular flexibility index (Phi) is 7.83. The first-order valence-electron chi connectivity index (χ1n) is 7.47. The van der Waals surface area contributed by atoms with Crippen LogP contribution < -0.4 is 40.4 Å². The first kappa shape index (κ1) is 22.3. The molecule has 0 aliphatic carbocycles. The van der Waals surface area contributed by atoms with Crippen LogP contribution in [0.4, 0.5) is 5.13 Å². The van der Waals surface area contributed by atoms with Gasteiger partial charge in [-0.05, 0) is 18.2 Å². The predicted octanol–water partition coefficient (Wildman–Crippen LogP) is -2.51. The molecule has 8 nitrogen and oxygen atoms in total. The van der Waals surface area contributed by atoms with Gasteiger partial charge in [-0.1, -0.05) is 6.08 Å². The molecular formula is C15H15N4NaO4S3. The summed E-state index contributed by atoms with van der Waals surface area (Å²) in [6.45, 7) is 0. The third-order valence-electron chi connectivity index (χ3n) is 3.78. The van der Waals surface area contributed by atoms with Crippen molar-refractivity contribution in [3.63, 3.8) is 0 Å². The summed E-state index contributed by atoms with van der Waals surface area (Å²) in [5, 5.41) is 23.4. The fourth-order valence-electron chi connectivity index (χ4n) is 2.58. The molecule has 0 unspecified atom stereocenters. The van der Waals surface area contributed by atoms with Crippen molar-refractivity contribution in [3.05, 3.63) is 28.9 Å². The molecule has 3 heterocycles. The maximum absolute atomic E-state index is 12.7. The summed E-state index contributed by atoms with van der Waals surface area (Å²) in [6, 6.07) is -0.885. The molecule has 2 aliphatic rings. The number of aliphatic imine (C=N–C) groups is 1. The normalized spacial score (nSPS) is 22.5. The van der Waals surface area contributed by atoms with Crippen LogP contribution in [0.1, 0.15) is 5.69 Å². The van der Waals surface area contributed by atoms with Gasteiger partial charge in [0.2, 0.25) is 0 Å². The number of hydrogen-bond acceptors (Lipinski definition) is 9. The number of nitrogen functional groups attached to an aromatic ring is 1. The van der Waals surface area contributed by atoms with Gasteiger partial charge in [-0.25, -0.2) is 9.78 Å². The Morgan fingerprint density at radius 3 is 2.96 bits per heavy atom. The van der Waals surface area contributed by atoms with Crippen molar-refractivity contribution in [1.82, 2.24) is 9.88 Å². The van der Waals surface area contributed by atoms with E-state index in [0.717, 1.165) is 0 Å². The average Bonchev–Trinajstić information content (AvgIpc) is 3.05. The molecule has 1 amide bonds. The van der Waals surface area contributed by atoms with Gasteiger partial charge in [0.05, 0.1) is 5.69 Å². The first-order valence-corrected chi connectivity index (χ1v) is 10.8. The zero-order chi connectivity index (χ0) is 18.8. The van der Waals surface area contributed by atoms with Crippen LogP contribution >= 0.6 is 34.9 Å². The van der Waals surface area contributed by atoms with E-state index in [9.17, 15) is 19.8 Å². The zero-order valence-corrected chi connectivity index (χ0v) is 19.1. The number of carboxylic acids is 1. The zero-order valence-electron chi connectivity index (χ0n) is 14.6. The van der Waals surface area contributed by atoms with Gasteiger partial charge in [-0.2, -0.15) is 11.8 Å². The number of carbonyl (C=O) groups is 2. The van der Waals surface area contributed by atoms with Crippen LogP contribution in [0.3, 0.4) is 0 Å². The number of thioether (sulfide) groups is 2. The molecule has 0 aromatic carbocycles. The summed E-state index contributed by atoms with van der Waals surface area (Å²) in [6.07, 6.45) is 5.10. The van der Waals surface area contributed by atoms with Gasteiger partial charge < -0.3 is 15.9 Å². The molecule has 1 fully saturated rings. The maximum atomic E-state index is 12.7. The third-order valence-corrected chi connectivity index (χ3v) is 6.12. The van der Waals surface area contributed by atoms with E-state index < -0.39 is 29.2 Å². The summed E-state index contributed by atoms with van der Waals surface area (Å²) in [4.78, 5) is 32.9. The fraction of sp³-hybridized carbons (Fsp3) is 0.333. The molecule has 2 aliphatic heterocycles. The first-order chi connectivity index (χ1) is 12.4. The molecule has 27 heavy (non-hydrogen) atoms. The van der Waals surface area contributed by atoms with E-state index in [-0.39, 0.29) is 35.3 Å². The SMILES string of the molecule is CSC/C=C(\C([O-])=N[C@@H]1C(=O)N2C(C(=O)O)=CCS[C@H]12)c1csc(N)n1.[Na+]. The van der Waals surface area contributed by atoms with Crippen molar-refractivity contribution in [2.24, 2.45) is 4.99 Å². The molecule has 0 spiro atoms. The predicted molar refractivity (Wildman–Crippen MR) is 103 cm³/mol. The van der Waals surface area contributed by atoms with Crippen LogP contribution in [0.25, 0.3) is 5.57 Å². The Hall–Kier alpha value is -0.980. The van der Waals surface area contributed by atoms with Crippen LogP contribution in [0.5, 0.6) is 0 Å². The number of carboxylic acid groups (broad SMARTS) is 1. The monoisotopic (exact) mass is 434 g/mol. The van der Waals surface area contributed by atoms with Crippen LogP contribution in [-0.2, 0) is 9.59 Å². The number of fused-ring (bicyclic) bond motifs is 1. The molecule has 1 aromatic rings. The third kappa shape index (κ3) is 4.54. The van der Waals surface area contributed by atoms with E-state index in [0.29, 0.717) is 27.9 Å². The van der Waals surface area contributed by atoms with Gasteiger partial charge in [0.15, 0.2) is 11.2 Å². The van der Waals surface area contributed by atoms with Crippen molar-refractivity contribution >= 4 is 63.3 Å². The number of nitrogens with zero attached hydrogens (tertiary/aromatic N) is 3. The molecule has 0 bridgehead atoms. The summed E-state index contributed by atoms with van der Waals surface area (Å²) in [5.74, 6) is -1.15. The Morgan fingerprint density at radius 1 is 1.63 bits per heavy atom. The van der Waals surface area contributed by atoms with Gasteiger partial charge in [0.25, 0.3) is 5.91 Å². The molecule has 12 heteroatoms. The maximum Gasteiger partial charge on any atom is 1.00 e. The summed E-state index contributed by atoms with van der Waals surface area (Å²) < 4.78 is 0. The number of aromatic nitrogens is 1. The Balaban J connectivity index is 0.00000261. The van der Waals surface area contributed by atoms with Crippen molar-refractivity contribution in [2.45, 2.75) is 11.4 Å². The van der Waals surface area contributed by atoms with Crippen LogP contribution in [0.2, 0.25) is 0 Å². The number of hydrogen-bond donors (Lipinski definition) is 2. The minimum Gasteiger partial charge on any atom is -0.858 e. The van der Waals surface area contributed by atoms with Crippen molar-refractivity contribution < 1.29 is 49.4 Å². The quantitative estimate of drug-likeness (QED) is 0.217. The van der Waals surface area contributed by atoms with Crippen LogP contribution in [0.15, 0.2) is 28.2 Å². The van der Waals surface area contributed by atoms with E-state index in [4.69, 9.17) is 5.73 Å². The number of thiazole rings is 1. The van der Waals surface area contributed by atoms with E-state index in [1.54, 1.807) is 11.5 Å². The Bertz CT molecular complexity index is 839. The molecule has 0 radical (unpaired) electrons. The number of carbonyl (C=O) groups excluding carboxylic acids is 1. The molecule has 3 N–H and O–H groups in total. The Morgan fingerprint density at radius 2 is 2.37 bits per heavy atom. The van der Waals surface area contributed by atoms with E-state index in [1.165, 1.54) is 45.8 Å². The molecule has 1 saturated heterocycles. The molecule has 2 atom stereocenters. The van der Waals surface area contributed by atoms with Crippen LogP contribution in [0, 0.1) is 0 Å². The van der Waals surface area contributed by atoms with E-state index in [2.05, 4.69) is 9.98 Å². The second-order valence-corrected chi connectivity index (χ2v) is 8.30.